The van der Waals surface area contributed by atoms with E-state index in [0.29, 0.717) is 5.02 Å². The molecule has 0 unspecified atom stereocenters. The third-order valence-corrected chi connectivity index (χ3v) is 6.59. The van der Waals surface area contributed by atoms with Crippen molar-refractivity contribution in [2.24, 2.45) is 0 Å². The molecule has 1 aliphatic rings. The van der Waals surface area contributed by atoms with Crippen LogP contribution < -0.4 is 0 Å². The van der Waals surface area contributed by atoms with Crippen LogP contribution in [0.5, 0.6) is 0 Å². The molecule has 5 aromatic rings. The lowest BCUT2D eigenvalue weighted by atomic mass is 9.82. The van der Waals surface area contributed by atoms with Crippen molar-refractivity contribution in [2.75, 3.05) is 0 Å². The lowest BCUT2D eigenvalue weighted by molar-refractivity contribution is 0.660. The molecule has 0 saturated heterocycles. The van der Waals surface area contributed by atoms with Gasteiger partial charge in [-0.1, -0.05) is 80.0 Å². The molecule has 0 atom stereocenters. The van der Waals surface area contributed by atoms with Gasteiger partial charge in [-0.05, 0) is 51.6 Å². The Kier molecular flexibility index (Phi) is 3.34. The first-order chi connectivity index (χ1) is 14.1. The highest BCUT2D eigenvalue weighted by Crippen LogP contribution is 2.53. The summed E-state index contributed by atoms with van der Waals surface area (Å²) in [5.41, 5.74) is 9.59. The Bertz CT molecular complexity index is 1440. The van der Waals surface area contributed by atoms with Crippen LogP contribution in [0.15, 0.2) is 83.3 Å². The summed E-state index contributed by atoms with van der Waals surface area (Å²) < 4.78 is 6.14. The highest BCUT2D eigenvalue weighted by atomic mass is 35.5. The molecule has 0 spiro atoms. The van der Waals surface area contributed by atoms with Crippen molar-refractivity contribution >= 4 is 33.5 Å². The zero-order chi connectivity index (χ0) is 19.8. The summed E-state index contributed by atoms with van der Waals surface area (Å²) in [4.78, 5) is 0. The molecule has 0 fully saturated rings. The Balaban J connectivity index is 1.74. The molecule has 6 rings (SSSR count). The summed E-state index contributed by atoms with van der Waals surface area (Å²) in [6, 6.07) is 27.7. The quantitative estimate of drug-likeness (QED) is 0.279. The van der Waals surface area contributed by atoms with Crippen molar-refractivity contribution in [1.29, 1.82) is 0 Å². The molecule has 140 valence electrons. The van der Waals surface area contributed by atoms with Crippen molar-refractivity contribution in [3.8, 4) is 22.3 Å². The van der Waals surface area contributed by atoms with Gasteiger partial charge in [-0.25, -0.2) is 0 Å². The fourth-order valence-electron chi connectivity index (χ4n) is 5.00. The van der Waals surface area contributed by atoms with Crippen molar-refractivity contribution in [3.63, 3.8) is 0 Å². The van der Waals surface area contributed by atoms with Crippen LogP contribution in [0.1, 0.15) is 25.0 Å². The lowest BCUT2D eigenvalue weighted by Gasteiger charge is -2.21. The zero-order valence-corrected chi connectivity index (χ0v) is 17.0. The smallest absolute Gasteiger partial charge is 0.136 e. The highest BCUT2D eigenvalue weighted by Gasteiger charge is 2.36. The molecule has 4 aromatic carbocycles. The Hall–Kier alpha value is -3.03. The molecule has 0 N–H and O–H groups in total. The van der Waals surface area contributed by atoms with Crippen LogP contribution in [0.3, 0.4) is 0 Å². The molecule has 0 bridgehead atoms. The van der Waals surface area contributed by atoms with Crippen molar-refractivity contribution in [2.45, 2.75) is 19.3 Å². The van der Waals surface area contributed by atoms with E-state index in [1.807, 2.05) is 18.2 Å². The molecule has 2 heteroatoms. The Morgan fingerprint density at radius 3 is 2.31 bits per heavy atom. The SMILES string of the molecule is CC1(C)c2ccccc2-c2c(-c3cccc4oc5cc(Cl)ccc5c34)cccc21. The second kappa shape index (κ2) is 5.75. The number of fused-ring (bicyclic) bond motifs is 6. The summed E-state index contributed by atoms with van der Waals surface area (Å²) in [5.74, 6) is 0. The second-order valence-electron chi connectivity index (χ2n) is 8.32. The van der Waals surface area contributed by atoms with Crippen LogP contribution in [0.25, 0.3) is 44.2 Å². The van der Waals surface area contributed by atoms with E-state index in [1.165, 1.54) is 33.4 Å². The molecule has 1 aromatic heterocycles. The topological polar surface area (TPSA) is 13.1 Å². The maximum absolute atomic E-state index is 6.21. The van der Waals surface area contributed by atoms with E-state index in [0.717, 1.165) is 21.9 Å². The molecule has 1 nitrogen and oxygen atoms in total. The van der Waals surface area contributed by atoms with Gasteiger partial charge < -0.3 is 4.42 Å². The van der Waals surface area contributed by atoms with Gasteiger partial charge in [0, 0.05) is 27.3 Å². The normalized spacial score (nSPS) is 14.3. The number of hydrogen-bond acceptors (Lipinski definition) is 1. The summed E-state index contributed by atoms with van der Waals surface area (Å²) in [6.07, 6.45) is 0. The molecule has 0 radical (unpaired) electrons. The first-order valence-electron chi connectivity index (χ1n) is 9.90. The van der Waals surface area contributed by atoms with Crippen LogP contribution in [-0.2, 0) is 5.41 Å². The predicted molar refractivity (Wildman–Crippen MR) is 122 cm³/mol. The van der Waals surface area contributed by atoms with Crippen LogP contribution in [0, 0.1) is 0 Å². The van der Waals surface area contributed by atoms with Gasteiger partial charge in [-0.3, -0.25) is 0 Å². The van der Waals surface area contributed by atoms with Crippen molar-refractivity contribution < 1.29 is 4.42 Å². The van der Waals surface area contributed by atoms with Crippen molar-refractivity contribution in [3.05, 3.63) is 95.0 Å². The fraction of sp³-hybridized carbons (Fsp3) is 0.111. The monoisotopic (exact) mass is 394 g/mol. The molecule has 0 amide bonds. The number of benzene rings is 4. The summed E-state index contributed by atoms with van der Waals surface area (Å²) in [7, 11) is 0. The van der Waals surface area contributed by atoms with E-state index < -0.39 is 0 Å². The number of furan rings is 1. The Morgan fingerprint density at radius 1 is 0.690 bits per heavy atom. The third kappa shape index (κ3) is 2.22. The maximum atomic E-state index is 6.21. The van der Waals surface area contributed by atoms with Gasteiger partial charge in [-0.2, -0.15) is 0 Å². The average molecular weight is 395 g/mol. The van der Waals surface area contributed by atoms with Gasteiger partial charge in [0.05, 0.1) is 0 Å². The van der Waals surface area contributed by atoms with E-state index in [-0.39, 0.29) is 5.41 Å². The molecule has 1 aliphatic carbocycles. The Morgan fingerprint density at radius 2 is 1.41 bits per heavy atom. The second-order valence-corrected chi connectivity index (χ2v) is 8.76. The van der Waals surface area contributed by atoms with E-state index in [2.05, 4.69) is 74.5 Å². The third-order valence-electron chi connectivity index (χ3n) is 6.36. The average Bonchev–Trinajstić information content (AvgIpc) is 3.21. The van der Waals surface area contributed by atoms with E-state index in [4.69, 9.17) is 16.0 Å². The van der Waals surface area contributed by atoms with Gasteiger partial charge in [-0.15, -0.1) is 0 Å². The number of rotatable bonds is 1. The minimum absolute atomic E-state index is 0.0121. The minimum Gasteiger partial charge on any atom is -0.456 e. The summed E-state index contributed by atoms with van der Waals surface area (Å²) >= 11 is 6.21. The molecule has 0 saturated carbocycles. The van der Waals surface area contributed by atoms with Crippen LogP contribution in [-0.4, -0.2) is 0 Å². The van der Waals surface area contributed by atoms with Gasteiger partial charge in [0.25, 0.3) is 0 Å². The predicted octanol–water partition coefficient (Wildman–Crippen LogP) is 8.21. The molecule has 29 heavy (non-hydrogen) atoms. The largest absolute Gasteiger partial charge is 0.456 e. The van der Waals surface area contributed by atoms with Gasteiger partial charge >= 0.3 is 0 Å². The number of hydrogen-bond donors (Lipinski definition) is 0. The van der Waals surface area contributed by atoms with E-state index in [9.17, 15) is 0 Å². The summed E-state index contributed by atoms with van der Waals surface area (Å²) in [6.45, 7) is 4.63. The molecular formula is C27H19ClO. The fourth-order valence-corrected chi connectivity index (χ4v) is 5.17. The van der Waals surface area contributed by atoms with E-state index >= 15 is 0 Å². The standard InChI is InChI=1S/C27H19ClO/c1-27(2)21-10-4-3-7-19(21)25-17(8-5-11-22(25)27)18-9-6-12-23-26(18)20-14-13-16(28)15-24(20)29-23/h3-15H,1-2H3. The molecule has 0 aliphatic heterocycles. The van der Waals surface area contributed by atoms with Crippen molar-refractivity contribution in [1.82, 2.24) is 0 Å². The molecular weight excluding hydrogens is 376 g/mol. The zero-order valence-electron chi connectivity index (χ0n) is 16.3. The lowest BCUT2D eigenvalue weighted by Crippen LogP contribution is -2.14. The maximum Gasteiger partial charge on any atom is 0.136 e. The van der Waals surface area contributed by atoms with Gasteiger partial charge in [0.2, 0.25) is 0 Å². The van der Waals surface area contributed by atoms with Crippen LogP contribution >= 0.6 is 11.6 Å². The molecule has 1 heterocycles. The first kappa shape index (κ1) is 16.9. The first-order valence-corrected chi connectivity index (χ1v) is 10.3. The summed E-state index contributed by atoms with van der Waals surface area (Å²) in [5, 5.41) is 2.94. The van der Waals surface area contributed by atoms with Crippen LogP contribution in [0.2, 0.25) is 5.02 Å². The van der Waals surface area contributed by atoms with Gasteiger partial charge in [0.15, 0.2) is 0 Å². The van der Waals surface area contributed by atoms with Gasteiger partial charge in [0.1, 0.15) is 11.2 Å². The highest BCUT2D eigenvalue weighted by molar-refractivity contribution is 6.31. The Labute approximate surface area is 174 Å². The van der Waals surface area contributed by atoms with Crippen LogP contribution in [0.4, 0.5) is 0 Å². The minimum atomic E-state index is -0.0121. The number of halogens is 1. The van der Waals surface area contributed by atoms with E-state index in [1.54, 1.807) is 0 Å².